The lowest BCUT2D eigenvalue weighted by Gasteiger charge is -2.04. The summed E-state index contributed by atoms with van der Waals surface area (Å²) >= 11 is 0. The third-order valence-electron chi connectivity index (χ3n) is 2.00. The lowest BCUT2D eigenvalue weighted by Crippen LogP contribution is -2.27. The molecular weight excluding hydrogens is 171 g/mol. The Labute approximate surface area is 74.9 Å². The van der Waals surface area contributed by atoms with Crippen molar-refractivity contribution in [3.05, 3.63) is 29.6 Å². The zero-order chi connectivity index (χ0) is 9.26. The van der Waals surface area contributed by atoms with Gasteiger partial charge in [-0.05, 0) is 24.1 Å². The number of halogens is 1. The molecule has 0 saturated carbocycles. The molecule has 2 N–H and O–H groups in total. The molecule has 1 heterocycles. The molecule has 0 aromatic heterocycles. The summed E-state index contributed by atoms with van der Waals surface area (Å²) in [6, 6.07) is 4.15. The van der Waals surface area contributed by atoms with Gasteiger partial charge in [0, 0.05) is 12.2 Å². The van der Waals surface area contributed by atoms with Crippen molar-refractivity contribution in [2.24, 2.45) is 0 Å². The Balaban J connectivity index is 2.40. The fourth-order valence-corrected chi connectivity index (χ4v) is 1.36. The number of rotatable bonds is 0. The van der Waals surface area contributed by atoms with Crippen molar-refractivity contribution in [1.29, 1.82) is 0 Å². The van der Waals surface area contributed by atoms with Crippen LogP contribution in [0.4, 0.5) is 14.9 Å². The van der Waals surface area contributed by atoms with Gasteiger partial charge in [-0.3, -0.25) is 0 Å². The van der Waals surface area contributed by atoms with Crippen LogP contribution in [-0.4, -0.2) is 12.6 Å². The van der Waals surface area contributed by atoms with Gasteiger partial charge in [-0.1, -0.05) is 6.07 Å². The first-order valence-corrected chi connectivity index (χ1v) is 4.09. The first-order valence-electron chi connectivity index (χ1n) is 4.09. The van der Waals surface area contributed by atoms with Gasteiger partial charge in [-0.25, -0.2) is 9.18 Å². The standard InChI is InChI=1S/C9H9FN2O/c10-7-2-1-6-3-4-11-9(13)12-8(6)5-7/h1-2,5H,3-4H2,(H2,11,12,13). The zero-order valence-corrected chi connectivity index (χ0v) is 6.93. The Morgan fingerprint density at radius 2 is 2.23 bits per heavy atom. The molecule has 2 rings (SSSR count). The molecular formula is C9H9FN2O. The van der Waals surface area contributed by atoms with E-state index in [1.54, 1.807) is 6.07 Å². The number of hydrogen-bond donors (Lipinski definition) is 2. The second kappa shape index (κ2) is 3.05. The summed E-state index contributed by atoms with van der Waals surface area (Å²) in [5.41, 5.74) is 1.52. The Kier molecular flexibility index (Phi) is 1.88. The number of carbonyl (C=O) groups excluding carboxylic acids is 1. The number of benzene rings is 1. The number of hydrogen-bond acceptors (Lipinski definition) is 1. The number of nitrogens with one attached hydrogen (secondary N) is 2. The van der Waals surface area contributed by atoms with Crippen LogP contribution in [-0.2, 0) is 6.42 Å². The second-order valence-electron chi connectivity index (χ2n) is 2.93. The molecule has 1 aliphatic heterocycles. The maximum atomic E-state index is 12.8. The molecule has 3 nitrogen and oxygen atoms in total. The van der Waals surface area contributed by atoms with Crippen LogP contribution in [0.2, 0.25) is 0 Å². The van der Waals surface area contributed by atoms with Crippen LogP contribution >= 0.6 is 0 Å². The Morgan fingerprint density at radius 1 is 1.38 bits per heavy atom. The summed E-state index contributed by atoms with van der Waals surface area (Å²) in [6.07, 6.45) is 0.731. The van der Waals surface area contributed by atoms with Crippen molar-refractivity contribution in [2.75, 3.05) is 11.9 Å². The SMILES string of the molecule is O=C1NCCc2ccc(F)cc2N1. The topological polar surface area (TPSA) is 41.1 Å². The minimum atomic E-state index is -0.332. The minimum absolute atomic E-state index is 0.274. The van der Waals surface area contributed by atoms with E-state index in [1.165, 1.54) is 12.1 Å². The average Bonchev–Trinajstić information content (AvgIpc) is 2.25. The quantitative estimate of drug-likeness (QED) is 0.624. The van der Waals surface area contributed by atoms with E-state index in [4.69, 9.17) is 0 Å². The van der Waals surface area contributed by atoms with E-state index >= 15 is 0 Å². The van der Waals surface area contributed by atoms with Crippen molar-refractivity contribution in [3.8, 4) is 0 Å². The predicted octanol–water partition coefficient (Wildman–Crippen LogP) is 1.50. The maximum absolute atomic E-state index is 12.8. The first kappa shape index (κ1) is 8.04. The number of anilines is 1. The minimum Gasteiger partial charge on any atom is -0.338 e. The lowest BCUT2D eigenvalue weighted by molar-refractivity contribution is 0.252. The van der Waals surface area contributed by atoms with Crippen LogP contribution < -0.4 is 10.6 Å². The highest BCUT2D eigenvalue weighted by Crippen LogP contribution is 2.18. The summed E-state index contributed by atoms with van der Waals surface area (Å²) < 4.78 is 12.8. The average molecular weight is 180 g/mol. The molecule has 4 heteroatoms. The van der Waals surface area contributed by atoms with Crippen LogP contribution in [0.5, 0.6) is 0 Å². The third kappa shape index (κ3) is 1.61. The molecule has 0 bridgehead atoms. The molecule has 1 aliphatic rings. The van der Waals surface area contributed by atoms with Crippen molar-refractivity contribution in [3.63, 3.8) is 0 Å². The summed E-state index contributed by atoms with van der Waals surface area (Å²) in [4.78, 5) is 11.0. The molecule has 68 valence electrons. The van der Waals surface area contributed by atoms with E-state index in [9.17, 15) is 9.18 Å². The van der Waals surface area contributed by atoms with Gasteiger partial charge in [-0.15, -0.1) is 0 Å². The van der Waals surface area contributed by atoms with E-state index in [0.717, 1.165) is 12.0 Å². The summed E-state index contributed by atoms with van der Waals surface area (Å²) in [5.74, 6) is -0.332. The third-order valence-corrected chi connectivity index (χ3v) is 2.00. The highest BCUT2D eigenvalue weighted by Gasteiger charge is 2.11. The van der Waals surface area contributed by atoms with Crippen LogP contribution in [0.3, 0.4) is 0 Å². The Bertz CT molecular complexity index is 351. The first-order chi connectivity index (χ1) is 6.25. The fourth-order valence-electron chi connectivity index (χ4n) is 1.36. The summed E-state index contributed by atoms with van der Waals surface area (Å²) in [5, 5.41) is 5.21. The van der Waals surface area contributed by atoms with Gasteiger partial charge in [0.25, 0.3) is 0 Å². The molecule has 0 unspecified atom stereocenters. The van der Waals surface area contributed by atoms with Crippen molar-refractivity contribution in [1.82, 2.24) is 5.32 Å². The summed E-state index contributed by atoms with van der Waals surface area (Å²) in [6.45, 7) is 0.588. The smallest absolute Gasteiger partial charge is 0.319 e. The van der Waals surface area contributed by atoms with Gasteiger partial charge < -0.3 is 10.6 Å². The van der Waals surface area contributed by atoms with Gasteiger partial charge in [0.15, 0.2) is 0 Å². The van der Waals surface area contributed by atoms with Gasteiger partial charge >= 0.3 is 6.03 Å². The summed E-state index contributed by atoms with van der Waals surface area (Å²) in [7, 11) is 0. The van der Waals surface area contributed by atoms with Crippen LogP contribution in [0, 0.1) is 5.82 Å². The molecule has 1 aromatic carbocycles. The number of fused-ring (bicyclic) bond motifs is 1. The van der Waals surface area contributed by atoms with Crippen LogP contribution in [0.1, 0.15) is 5.56 Å². The van der Waals surface area contributed by atoms with Gasteiger partial charge in [0.05, 0.1) is 0 Å². The van der Waals surface area contributed by atoms with E-state index in [1.807, 2.05) is 0 Å². The molecule has 2 amide bonds. The number of carbonyl (C=O) groups is 1. The molecule has 0 aliphatic carbocycles. The normalized spacial score (nSPS) is 15.3. The molecule has 1 aromatic rings. The van der Waals surface area contributed by atoms with E-state index in [0.29, 0.717) is 12.2 Å². The van der Waals surface area contributed by atoms with E-state index < -0.39 is 0 Å². The number of amides is 2. The van der Waals surface area contributed by atoms with Crippen molar-refractivity contribution < 1.29 is 9.18 Å². The largest absolute Gasteiger partial charge is 0.338 e. The van der Waals surface area contributed by atoms with Crippen LogP contribution in [0.15, 0.2) is 18.2 Å². The highest BCUT2D eigenvalue weighted by molar-refractivity contribution is 5.90. The highest BCUT2D eigenvalue weighted by atomic mass is 19.1. The molecule has 13 heavy (non-hydrogen) atoms. The Hall–Kier alpha value is -1.58. The molecule has 0 radical (unpaired) electrons. The molecule has 0 atom stereocenters. The zero-order valence-electron chi connectivity index (χ0n) is 6.93. The monoisotopic (exact) mass is 180 g/mol. The Morgan fingerprint density at radius 3 is 3.08 bits per heavy atom. The van der Waals surface area contributed by atoms with Gasteiger partial charge in [0.2, 0.25) is 0 Å². The van der Waals surface area contributed by atoms with Gasteiger partial charge in [0.1, 0.15) is 5.82 Å². The molecule has 0 fully saturated rings. The van der Waals surface area contributed by atoms with Gasteiger partial charge in [-0.2, -0.15) is 0 Å². The van der Waals surface area contributed by atoms with Crippen molar-refractivity contribution in [2.45, 2.75) is 6.42 Å². The van der Waals surface area contributed by atoms with E-state index in [-0.39, 0.29) is 11.8 Å². The van der Waals surface area contributed by atoms with E-state index in [2.05, 4.69) is 10.6 Å². The fraction of sp³-hybridized carbons (Fsp3) is 0.222. The lowest BCUT2D eigenvalue weighted by atomic mass is 10.1. The number of urea groups is 1. The maximum Gasteiger partial charge on any atom is 0.319 e. The second-order valence-corrected chi connectivity index (χ2v) is 2.93. The van der Waals surface area contributed by atoms with Crippen LogP contribution in [0.25, 0.3) is 0 Å². The molecule has 0 spiro atoms. The molecule has 0 saturated heterocycles. The van der Waals surface area contributed by atoms with Crippen molar-refractivity contribution >= 4 is 11.7 Å². The predicted molar refractivity (Wildman–Crippen MR) is 47.1 cm³/mol.